The Morgan fingerprint density at radius 1 is 0.938 bits per heavy atom. The summed E-state index contributed by atoms with van der Waals surface area (Å²) in [6, 6.07) is 2.96. The largest absolute Gasteiger partial charge is 0.508 e. The number of nitrogens with one attached hydrogen (secondary N) is 3. The number of aromatic hydroxyl groups is 1. The van der Waals surface area contributed by atoms with Gasteiger partial charge in [0.05, 0.1) is 0 Å². The van der Waals surface area contributed by atoms with Gasteiger partial charge in [-0.1, -0.05) is 12.1 Å². The second-order valence-electron chi connectivity index (χ2n) is 7.38. The Labute approximate surface area is 192 Å². The first-order valence-electron chi connectivity index (χ1n) is 10.4. The molecule has 0 aliphatic rings. The number of rotatable bonds is 14. The molecule has 0 unspecified atom stereocenters. The first kappa shape index (κ1) is 27.2. The summed E-state index contributed by atoms with van der Waals surface area (Å²) in [6.07, 6.45) is 1.65. The molecule has 3 atom stereocenters. The van der Waals surface area contributed by atoms with Gasteiger partial charge in [0.1, 0.15) is 23.9 Å². The van der Waals surface area contributed by atoms with Crippen molar-refractivity contribution in [3.8, 4) is 5.75 Å². The average Bonchev–Trinajstić information content (AvgIpc) is 2.73. The summed E-state index contributed by atoms with van der Waals surface area (Å²) in [5.74, 6) is -2.46. The lowest BCUT2D eigenvalue weighted by molar-refractivity contribution is -0.142. The Bertz CT molecular complexity index is 774. The quantitative estimate of drug-likeness (QED) is 0.148. The maximum Gasteiger partial charge on any atom is 0.326 e. The average molecular weight is 469 g/mol. The summed E-state index contributed by atoms with van der Waals surface area (Å²) in [4.78, 5) is 48.7. The lowest BCUT2D eigenvalue weighted by Crippen LogP contribution is -2.56. The van der Waals surface area contributed by atoms with E-state index in [1.807, 2.05) is 0 Å². The van der Waals surface area contributed by atoms with Crippen molar-refractivity contribution in [2.45, 2.75) is 57.2 Å². The zero-order chi connectivity index (χ0) is 24.1. The number of unbranched alkanes of at least 4 members (excludes halogenated alkanes) is 1. The van der Waals surface area contributed by atoms with E-state index in [0.29, 0.717) is 30.7 Å². The van der Waals surface area contributed by atoms with E-state index in [9.17, 15) is 29.4 Å². The highest BCUT2D eigenvalue weighted by atomic mass is 32.1. The van der Waals surface area contributed by atoms with Crippen molar-refractivity contribution in [2.75, 3.05) is 12.3 Å². The van der Waals surface area contributed by atoms with Gasteiger partial charge in [0.15, 0.2) is 0 Å². The highest BCUT2D eigenvalue weighted by molar-refractivity contribution is 7.80. The summed E-state index contributed by atoms with van der Waals surface area (Å²) in [5.41, 5.74) is 6.09. The highest BCUT2D eigenvalue weighted by Gasteiger charge is 2.29. The van der Waals surface area contributed by atoms with Gasteiger partial charge in [-0.3, -0.25) is 14.4 Å². The zero-order valence-corrected chi connectivity index (χ0v) is 18.9. The van der Waals surface area contributed by atoms with E-state index >= 15 is 0 Å². The number of carboxylic acid groups (broad SMARTS) is 1. The SMILES string of the molecule is CC(=O)N[C@@H](CCS)C(=O)N[C@@H](Cc1ccc(O)cc1)C(=O)N[C@@H](CCCCN)C(=O)O. The molecular formula is C21H32N4O6S. The molecule has 1 aromatic rings. The van der Waals surface area contributed by atoms with Crippen molar-refractivity contribution in [1.29, 1.82) is 0 Å². The van der Waals surface area contributed by atoms with Gasteiger partial charge >= 0.3 is 5.97 Å². The number of nitrogens with two attached hydrogens (primary N) is 1. The van der Waals surface area contributed by atoms with Gasteiger partial charge in [-0.25, -0.2) is 4.79 Å². The fourth-order valence-electron chi connectivity index (χ4n) is 3.02. The zero-order valence-electron chi connectivity index (χ0n) is 18.0. The number of aliphatic carboxylic acids is 1. The third-order valence-corrected chi connectivity index (χ3v) is 4.94. The number of carboxylic acids is 1. The molecule has 32 heavy (non-hydrogen) atoms. The number of thiol groups is 1. The van der Waals surface area contributed by atoms with E-state index in [-0.39, 0.29) is 25.0 Å². The van der Waals surface area contributed by atoms with Gasteiger partial charge in [-0.05, 0) is 55.7 Å². The van der Waals surface area contributed by atoms with Gasteiger partial charge in [-0.15, -0.1) is 0 Å². The van der Waals surface area contributed by atoms with Crippen LogP contribution in [-0.4, -0.2) is 64.3 Å². The summed E-state index contributed by atoms with van der Waals surface area (Å²) < 4.78 is 0. The molecule has 0 fully saturated rings. The van der Waals surface area contributed by atoms with Crippen LogP contribution < -0.4 is 21.7 Å². The molecule has 0 radical (unpaired) electrons. The minimum Gasteiger partial charge on any atom is -0.508 e. The molecule has 0 aliphatic carbocycles. The lowest BCUT2D eigenvalue weighted by atomic mass is 10.0. The second kappa shape index (κ2) is 14.3. The summed E-state index contributed by atoms with van der Waals surface area (Å²) in [7, 11) is 0. The maximum atomic E-state index is 12.9. The van der Waals surface area contributed by atoms with E-state index < -0.39 is 41.8 Å². The molecule has 178 valence electrons. The van der Waals surface area contributed by atoms with E-state index in [4.69, 9.17) is 5.73 Å². The Morgan fingerprint density at radius 3 is 2.06 bits per heavy atom. The maximum absolute atomic E-state index is 12.9. The molecular weight excluding hydrogens is 436 g/mol. The van der Waals surface area contributed by atoms with E-state index in [1.54, 1.807) is 12.1 Å². The molecule has 11 heteroatoms. The molecule has 0 aromatic heterocycles. The minimum atomic E-state index is -1.18. The van der Waals surface area contributed by atoms with Crippen LogP contribution in [0.1, 0.15) is 38.2 Å². The van der Waals surface area contributed by atoms with Crippen LogP contribution >= 0.6 is 12.6 Å². The van der Waals surface area contributed by atoms with Gasteiger partial charge in [-0.2, -0.15) is 12.6 Å². The van der Waals surface area contributed by atoms with Crippen LogP contribution in [0.15, 0.2) is 24.3 Å². The van der Waals surface area contributed by atoms with Crippen LogP contribution in [0.5, 0.6) is 5.75 Å². The normalized spacial score (nSPS) is 13.5. The molecule has 0 heterocycles. The lowest BCUT2D eigenvalue weighted by Gasteiger charge is -2.24. The molecule has 1 aromatic carbocycles. The Kier molecular flexibility index (Phi) is 12.2. The van der Waals surface area contributed by atoms with Crippen molar-refractivity contribution in [3.63, 3.8) is 0 Å². The monoisotopic (exact) mass is 468 g/mol. The number of phenols is 1. The van der Waals surface area contributed by atoms with Crippen LogP contribution in [0, 0.1) is 0 Å². The predicted octanol–water partition coefficient (Wildman–Crippen LogP) is -0.0575. The van der Waals surface area contributed by atoms with Crippen LogP contribution in [0.2, 0.25) is 0 Å². The molecule has 7 N–H and O–H groups in total. The summed E-state index contributed by atoms with van der Waals surface area (Å²) in [6.45, 7) is 1.69. The third kappa shape index (κ3) is 10.0. The standard InChI is InChI=1S/C21H32N4O6S/c1-13(26)23-16(9-11-32)19(28)25-18(12-14-5-7-15(27)8-6-14)20(29)24-17(21(30)31)4-2-3-10-22/h5-8,16-18,27,32H,2-4,9-12,22H2,1H3,(H,23,26)(H,24,29)(H,25,28)(H,30,31)/t16-,17-,18-/m0/s1. The van der Waals surface area contributed by atoms with E-state index in [2.05, 4.69) is 28.6 Å². The number of phenolic OH excluding ortho intramolecular Hbond substituents is 1. The summed E-state index contributed by atoms with van der Waals surface area (Å²) >= 11 is 4.10. The Morgan fingerprint density at radius 2 is 1.53 bits per heavy atom. The Hall–Kier alpha value is -2.79. The molecule has 0 bridgehead atoms. The first-order valence-corrected chi connectivity index (χ1v) is 11.0. The van der Waals surface area contributed by atoms with Crippen molar-refractivity contribution in [2.24, 2.45) is 5.73 Å². The van der Waals surface area contributed by atoms with Crippen molar-refractivity contribution in [3.05, 3.63) is 29.8 Å². The third-order valence-electron chi connectivity index (χ3n) is 4.68. The number of carbonyl (C=O) groups excluding carboxylic acids is 3. The fraction of sp³-hybridized carbons (Fsp3) is 0.524. The topological polar surface area (TPSA) is 171 Å². The number of carbonyl (C=O) groups is 4. The fourth-order valence-corrected chi connectivity index (χ4v) is 3.27. The minimum absolute atomic E-state index is 0.0455. The predicted molar refractivity (Wildman–Crippen MR) is 122 cm³/mol. The van der Waals surface area contributed by atoms with Crippen LogP contribution in [-0.2, 0) is 25.6 Å². The second-order valence-corrected chi connectivity index (χ2v) is 7.83. The van der Waals surface area contributed by atoms with Crippen LogP contribution in [0.25, 0.3) is 0 Å². The molecule has 3 amide bonds. The van der Waals surface area contributed by atoms with E-state index in [0.717, 1.165) is 0 Å². The van der Waals surface area contributed by atoms with Gasteiger partial charge < -0.3 is 31.9 Å². The number of amides is 3. The molecule has 1 rings (SSSR count). The van der Waals surface area contributed by atoms with Gasteiger partial charge in [0, 0.05) is 13.3 Å². The van der Waals surface area contributed by atoms with Crippen molar-refractivity contribution >= 4 is 36.3 Å². The molecule has 10 nitrogen and oxygen atoms in total. The molecule has 0 spiro atoms. The smallest absolute Gasteiger partial charge is 0.326 e. The molecule has 0 saturated heterocycles. The van der Waals surface area contributed by atoms with Crippen LogP contribution in [0.3, 0.4) is 0 Å². The van der Waals surface area contributed by atoms with Crippen molar-refractivity contribution in [1.82, 2.24) is 16.0 Å². The number of hydrogen-bond donors (Lipinski definition) is 7. The summed E-state index contributed by atoms with van der Waals surface area (Å²) in [5, 5.41) is 26.5. The highest BCUT2D eigenvalue weighted by Crippen LogP contribution is 2.12. The number of hydrogen-bond acceptors (Lipinski definition) is 7. The number of benzene rings is 1. The molecule has 0 aliphatic heterocycles. The van der Waals surface area contributed by atoms with E-state index in [1.165, 1.54) is 19.1 Å². The Balaban J connectivity index is 3.02. The van der Waals surface area contributed by atoms with Gasteiger partial charge in [0.2, 0.25) is 17.7 Å². The van der Waals surface area contributed by atoms with Gasteiger partial charge in [0.25, 0.3) is 0 Å². The first-order chi connectivity index (χ1) is 15.2. The van der Waals surface area contributed by atoms with Crippen LogP contribution in [0.4, 0.5) is 0 Å². The van der Waals surface area contributed by atoms with Crippen molar-refractivity contribution < 1.29 is 29.4 Å². The molecule has 0 saturated carbocycles.